The van der Waals surface area contributed by atoms with E-state index in [1.54, 1.807) is 11.0 Å². The molecule has 0 saturated carbocycles. The summed E-state index contributed by atoms with van der Waals surface area (Å²) in [6.07, 6.45) is -2.94. The molecule has 2 N–H and O–H groups in total. The first kappa shape index (κ1) is 17.4. The Labute approximate surface area is 132 Å². The van der Waals surface area contributed by atoms with Crippen molar-refractivity contribution in [1.29, 1.82) is 0 Å². The number of nitrogens with zero attached hydrogens (tertiary/aromatic N) is 1. The van der Waals surface area contributed by atoms with E-state index >= 15 is 0 Å². The predicted octanol–water partition coefficient (Wildman–Crippen LogP) is 2.86. The highest BCUT2D eigenvalue weighted by Crippen LogP contribution is 2.22. The smallest absolute Gasteiger partial charge is 0.422 e. The molecule has 0 aromatic heterocycles. The van der Waals surface area contributed by atoms with Crippen molar-refractivity contribution in [3.8, 4) is 5.75 Å². The van der Waals surface area contributed by atoms with Crippen LogP contribution in [0.1, 0.15) is 12.8 Å². The Bertz CT molecular complexity index is 529. The van der Waals surface area contributed by atoms with Crippen LogP contribution in [0.15, 0.2) is 24.3 Å². The van der Waals surface area contributed by atoms with Crippen LogP contribution in [0.25, 0.3) is 0 Å². The monoisotopic (exact) mass is 332 g/mol. The fraction of sp³-hybridized carbons (Fsp3) is 0.533. The van der Waals surface area contributed by atoms with Gasteiger partial charge in [0.05, 0.1) is 0 Å². The number of aliphatic hydroxyl groups excluding tert-OH is 1. The first-order valence-corrected chi connectivity index (χ1v) is 7.34. The number of nitrogens with one attached hydrogen (secondary N) is 1. The minimum Gasteiger partial charge on any atom is -0.484 e. The van der Waals surface area contributed by atoms with Crippen LogP contribution < -0.4 is 10.1 Å². The summed E-state index contributed by atoms with van der Waals surface area (Å²) in [4.78, 5) is 13.7. The second-order valence-electron chi connectivity index (χ2n) is 5.47. The summed E-state index contributed by atoms with van der Waals surface area (Å²) >= 11 is 0. The third-order valence-electron chi connectivity index (χ3n) is 3.65. The van der Waals surface area contributed by atoms with Gasteiger partial charge in [0.1, 0.15) is 5.75 Å². The Morgan fingerprint density at radius 3 is 2.65 bits per heavy atom. The second kappa shape index (κ2) is 7.54. The number of halogens is 3. The molecular weight excluding hydrogens is 313 g/mol. The third kappa shape index (κ3) is 5.63. The van der Waals surface area contributed by atoms with E-state index in [4.69, 9.17) is 5.11 Å². The van der Waals surface area contributed by atoms with Gasteiger partial charge >= 0.3 is 12.2 Å². The average Bonchev–Trinajstić information content (AvgIpc) is 2.53. The van der Waals surface area contributed by atoms with Gasteiger partial charge in [0.2, 0.25) is 0 Å². The summed E-state index contributed by atoms with van der Waals surface area (Å²) < 4.78 is 41.1. The Morgan fingerprint density at radius 2 is 2.04 bits per heavy atom. The summed E-state index contributed by atoms with van der Waals surface area (Å²) in [5.74, 6) is 0.261. The van der Waals surface area contributed by atoms with E-state index in [2.05, 4.69) is 10.1 Å². The van der Waals surface area contributed by atoms with Gasteiger partial charge in [-0.3, -0.25) is 0 Å². The number of amides is 2. The summed E-state index contributed by atoms with van der Waals surface area (Å²) in [5, 5.41) is 11.7. The molecule has 1 heterocycles. The molecule has 0 radical (unpaired) electrons. The number of carbonyl (C=O) groups is 1. The Kier molecular flexibility index (Phi) is 5.70. The highest BCUT2D eigenvalue weighted by molar-refractivity contribution is 5.89. The maximum Gasteiger partial charge on any atom is 0.422 e. The topological polar surface area (TPSA) is 61.8 Å². The third-order valence-corrected chi connectivity index (χ3v) is 3.65. The van der Waals surface area contributed by atoms with E-state index in [0.29, 0.717) is 18.8 Å². The number of ether oxygens (including phenoxy) is 1. The molecule has 0 spiro atoms. The van der Waals surface area contributed by atoms with E-state index in [-0.39, 0.29) is 24.3 Å². The van der Waals surface area contributed by atoms with E-state index in [1.807, 2.05) is 0 Å². The number of rotatable bonds is 4. The Morgan fingerprint density at radius 1 is 1.35 bits per heavy atom. The molecule has 0 atom stereocenters. The fourth-order valence-electron chi connectivity index (χ4n) is 2.35. The molecule has 1 aliphatic rings. The highest BCUT2D eigenvalue weighted by Gasteiger charge is 2.28. The number of benzene rings is 1. The first-order chi connectivity index (χ1) is 10.9. The fourth-order valence-corrected chi connectivity index (χ4v) is 2.35. The van der Waals surface area contributed by atoms with Crippen molar-refractivity contribution in [1.82, 2.24) is 4.90 Å². The Hall–Kier alpha value is -1.96. The lowest BCUT2D eigenvalue weighted by atomic mass is 9.98. The SMILES string of the molecule is O=C(Nc1cccc(OCC(F)(F)F)c1)N1CCC(CO)CC1. The van der Waals surface area contributed by atoms with Gasteiger partial charge in [-0.2, -0.15) is 13.2 Å². The van der Waals surface area contributed by atoms with Crippen molar-refractivity contribution in [2.24, 2.45) is 5.92 Å². The number of aliphatic hydroxyl groups is 1. The summed E-state index contributed by atoms with van der Waals surface area (Å²) in [7, 11) is 0. The van der Waals surface area contributed by atoms with Crippen LogP contribution in [0, 0.1) is 5.92 Å². The molecule has 1 aromatic carbocycles. The van der Waals surface area contributed by atoms with Crippen molar-refractivity contribution >= 4 is 11.7 Å². The van der Waals surface area contributed by atoms with E-state index in [1.165, 1.54) is 18.2 Å². The van der Waals surface area contributed by atoms with Crippen molar-refractivity contribution in [2.45, 2.75) is 19.0 Å². The highest BCUT2D eigenvalue weighted by atomic mass is 19.4. The van der Waals surface area contributed by atoms with Gasteiger partial charge in [0.15, 0.2) is 6.61 Å². The lowest BCUT2D eigenvalue weighted by Gasteiger charge is -2.31. The van der Waals surface area contributed by atoms with Crippen molar-refractivity contribution in [3.05, 3.63) is 24.3 Å². The molecule has 1 aliphatic heterocycles. The van der Waals surface area contributed by atoms with E-state index in [9.17, 15) is 18.0 Å². The van der Waals surface area contributed by atoms with Crippen LogP contribution in [0.5, 0.6) is 5.75 Å². The van der Waals surface area contributed by atoms with Gasteiger partial charge in [-0.15, -0.1) is 0 Å². The second-order valence-corrected chi connectivity index (χ2v) is 5.47. The average molecular weight is 332 g/mol. The minimum absolute atomic E-state index is 0.0408. The number of carbonyl (C=O) groups excluding carboxylic acids is 1. The molecule has 23 heavy (non-hydrogen) atoms. The van der Waals surface area contributed by atoms with Crippen LogP contribution >= 0.6 is 0 Å². The number of urea groups is 1. The number of alkyl halides is 3. The maximum atomic E-state index is 12.1. The van der Waals surface area contributed by atoms with Crippen molar-refractivity contribution in [2.75, 3.05) is 31.6 Å². The summed E-state index contributed by atoms with van der Waals surface area (Å²) in [5.41, 5.74) is 0.374. The van der Waals surface area contributed by atoms with Crippen molar-refractivity contribution < 1.29 is 27.8 Å². The number of piperidine rings is 1. The van der Waals surface area contributed by atoms with Gasteiger partial charge < -0.3 is 20.1 Å². The van der Waals surface area contributed by atoms with Crippen molar-refractivity contribution in [3.63, 3.8) is 0 Å². The zero-order chi connectivity index (χ0) is 16.9. The molecule has 0 unspecified atom stereocenters. The van der Waals surface area contributed by atoms with E-state index in [0.717, 1.165) is 12.8 Å². The molecule has 5 nitrogen and oxygen atoms in total. The first-order valence-electron chi connectivity index (χ1n) is 7.34. The quantitative estimate of drug-likeness (QED) is 0.891. The molecule has 1 aromatic rings. The molecule has 0 bridgehead atoms. The van der Waals surface area contributed by atoms with Gasteiger partial charge in [-0.25, -0.2) is 4.79 Å². The van der Waals surface area contributed by atoms with Gasteiger partial charge in [0, 0.05) is 31.5 Å². The van der Waals surface area contributed by atoms with Crippen LogP contribution in [0.4, 0.5) is 23.7 Å². The van der Waals surface area contributed by atoms with Gasteiger partial charge in [-0.1, -0.05) is 6.07 Å². The number of anilines is 1. The van der Waals surface area contributed by atoms with Crippen LogP contribution in [0.3, 0.4) is 0 Å². The largest absolute Gasteiger partial charge is 0.484 e. The molecule has 1 fully saturated rings. The molecule has 8 heteroatoms. The van der Waals surface area contributed by atoms with Gasteiger partial charge in [-0.05, 0) is 30.9 Å². The maximum absolute atomic E-state index is 12.1. The molecule has 2 rings (SSSR count). The number of hydrogen-bond donors (Lipinski definition) is 2. The summed E-state index contributed by atoms with van der Waals surface area (Å²) in [6.45, 7) is -0.171. The summed E-state index contributed by atoms with van der Waals surface area (Å²) in [6, 6.07) is 5.53. The standard InChI is InChI=1S/C15H19F3N2O3/c16-15(17,18)10-23-13-3-1-2-12(8-13)19-14(22)20-6-4-11(9-21)5-7-20/h1-3,8,11,21H,4-7,9-10H2,(H,19,22). The number of likely N-dealkylation sites (tertiary alicyclic amines) is 1. The van der Waals surface area contributed by atoms with Crippen LogP contribution in [-0.4, -0.2) is 48.5 Å². The molecular formula is C15H19F3N2O3. The normalized spacial score (nSPS) is 16.3. The molecule has 1 saturated heterocycles. The van der Waals surface area contributed by atoms with E-state index < -0.39 is 12.8 Å². The molecule has 2 amide bonds. The zero-order valence-corrected chi connectivity index (χ0v) is 12.5. The van der Waals surface area contributed by atoms with Crippen LogP contribution in [-0.2, 0) is 0 Å². The lowest BCUT2D eigenvalue weighted by molar-refractivity contribution is -0.153. The van der Waals surface area contributed by atoms with Crippen LogP contribution in [0.2, 0.25) is 0 Å². The lowest BCUT2D eigenvalue weighted by Crippen LogP contribution is -2.41. The van der Waals surface area contributed by atoms with Gasteiger partial charge in [0.25, 0.3) is 0 Å². The minimum atomic E-state index is -4.41. The number of hydrogen-bond acceptors (Lipinski definition) is 3. The zero-order valence-electron chi connectivity index (χ0n) is 12.5. The molecule has 0 aliphatic carbocycles. The predicted molar refractivity (Wildman–Crippen MR) is 78.4 cm³/mol. The Balaban J connectivity index is 1.88. The molecule has 128 valence electrons.